The number of anilines is 2. The van der Waals surface area contributed by atoms with Gasteiger partial charge in [0.25, 0.3) is 0 Å². The minimum Gasteiger partial charge on any atom is -0.379 e. The molecule has 7 rings (SSSR count). The van der Waals surface area contributed by atoms with Crippen molar-refractivity contribution in [1.82, 2.24) is 19.7 Å². The second-order valence-corrected chi connectivity index (χ2v) is 14.2. The van der Waals surface area contributed by atoms with Crippen molar-refractivity contribution in [3.8, 4) is 11.3 Å². The number of likely N-dealkylation sites (tertiary alicyclic amines) is 1. The molecule has 11 heteroatoms. The fraction of sp³-hybridized carbons (Fsp3) is 0.318. The molecule has 4 amide bonds. The first-order valence-corrected chi connectivity index (χ1v) is 19.2. The van der Waals surface area contributed by atoms with E-state index in [1.165, 1.54) is 0 Å². The smallest absolute Gasteiger partial charge is 0.247 e. The van der Waals surface area contributed by atoms with Crippen molar-refractivity contribution in [2.45, 2.75) is 44.7 Å². The molecule has 11 nitrogen and oxygen atoms in total. The quantitative estimate of drug-likeness (QED) is 0.131. The molecule has 0 saturated carbocycles. The highest BCUT2D eigenvalue weighted by atomic mass is 16.5. The first kappa shape index (κ1) is 37.5. The van der Waals surface area contributed by atoms with Gasteiger partial charge in [-0.2, -0.15) is 0 Å². The molecular weight excluding hydrogens is 693 g/mol. The summed E-state index contributed by atoms with van der Waals surface area (Å²) in [6.07, 6.45) is 2.39. The number of H-pyrrole nitrogens is 1. The molecule has 284 valence electrons. The predicted molar refractivity (Wildman–Crippen MR) is 214 cm³/mol. The number of hydrogen-bond acceptors (Lipinski definition) is 6. The van der Waals surface area contributed by atoms with Crippen molar-refractivity contribution in [3.63, 3.8) is 0 Å². The van der Waals surface area contributed by atoms with Gasteiger partial charge in [0.1, 0.15) is 12.1 Å². The fourth-order valence-electron chi connectivity index (χ4n) is 7.58. The maximum absolute atomic E-state index is 14.2. The van der Waals surface area contributed by atoms with E-state index in [1.54, 1.807) is 9.80 Å². The van der Waals surface area contributed by atoms with Crippen LogP contribution in [0.1, 0.15) is 43.4 Å². The first-order valence-electron chi connectivity index (χ1n) is 19.2. The lowest BCUT2D eigenvalue weighted by Gasteiger charge is -2.37. The van der Waals surface area contributed by atoms with Crippen LogP contribution in [0.4, 0.5) is 11.4 Å². The van der Waals surface area contributed by atoms with Crippen LogP contribution in [0, 0.1) is 0 Å². The summed E-state index contributed by atoms with van der Waals surface area (Å²) in [4.78, 5) is 62.8. The summed E-state index contributed by atoms with van der Waals surface area (Å²) >= 11 is 0. The molecule has 2 saturated heterocycles. The summed E-state index contributed by atoms with van der Waals surface area (Å²) in [5.74, 6) is -0.562. The Morgan fingerprint density at radius 3 is 2.27 bits per heavy atom. The van der Waals surface area contributed by atoms with Gasteiger partial charge >= 0.3 is 0 Å². The summed E-state index contributed by atoms with van der Waals surface area (Å²) in [6, 6.07) is 33.7. The number of morpholine rings is 1. The van der Waals surface area contributed by atoms with Crippen molar-refractivity contribution in [2.75, 3.05) is 56.6 Å². The van der Waals surface area contributed by atoms with Gasteiger partial charge in [0.05, 0.1) is 26.2 Å². The van der Waals surface area contributed by atoms with E-state index in [-0.39, 0.29) is 36.6 Å². The first-order chi connectivity index (χ1) is 26.9. The van der Waals surface area contributed by atoms with Crippen molar-refractivity contribution in [3.05, 3.63) is 120 Å². The number of benzene rings is 4. The van der Waals surface area contributed by atoms with Crippen molar-refractivity contribution >= 4 is 45.9 Å². The largest absolute Gasteiger partial charge is 0.379 e. The third kappa shape index (κ3) is 9.13. The Balaban J connectivity index is 0.976. The van der Waals surface area contributed by atoms with Crippen molar-refractivity contribution in [1.29, 1.82) is 0 Å². The lowest BCUT2D eigenvalue weighted by Crippen LogP contribution is -2.50. The molecule has 3 N–H and O–H groups in total. The molecule has 2 fully saturated rings. The Hall–Kier alpha value is -5.78. The van der Waals surface area contributed by atoms with Crippen molar-refractivity contribution < 1.29 is 23.9 Å². The van der Waals surface area contributed by atoms with Gasteiger partial charge in [-0.1, -0.05) is 79.7 Å². The summed E-state index contributed by atoms with van der Waals surface area (Å²) < 4.78 is 5.57. The average molecular weight is 741 g/mol. The van der Waals surface area contributed by atoms with Gasteiger partial charge in [0, 0.05) is 54.2 Å². The molecule has 4 aromatic carbocycles. The van der Waals surface area contributed by atoms with Gasteiger partial charge < -0.3 is 30.2 Å². The molecule has 55 heavy (non-hydrogen) atoms. The van der Waals surface area contributed by atoms with Crippen LogP contribution in [-0.2, 0) is 30.3 Å². The number of amides is 4. The molecule has 2 aliphatic heterocycles. The molecule has 0 aliphatic carbocycles. The second-order valence-electron chi connectivity index (χ2n) is 14.2. The maximum Gasteiger partial charge on any atom is 0.247 e. The van der Waals surface area contributed by atoms with Gasteiger partial charge in [0.15, 0.2) is 0 Å². The minimum atomic E-state index is -0.555. The third-order valence-electron chi connectivity index (χ3n) is 10.3. The zero-order valence-electron chi connectivity index (χ0n) is 31.2. The van der Waals surface area contributed by atoms with Crippen molar-refractivity contribution in [2.24, 2.45) is 0 Å². The SMILES string of the molecule is CCCN(CC(=O)Nc1ccc(-c2cc3cc(NC(=O)[C@@H]4CCCN4C(=O)[C@@H](c4ccccc4)N4CCOCC4)ccc3[nH]2)cc1)C(=O)Cc1ccccc1. The average Bonchev–Trinajstić information content (AvgIpc) is 3.88. The monoisotopic (exact) mass is 740 g/mol. The summed E-state index contributed by atoms with van der Waals surface area (Å²) in [5.41, 5.74) is 5.88. The van der Waals surface area contributed by atoms with Gasteiger partial charge in [-0.3, -0.25) is 24.1 Å². The Kier molecular flexibility index (Phi) is 12.0. The highest BCUT2D eigenvalue weighted by molar-refractivity contribution is 6.00. The van der Waals surface area contributed by atoms with Crippen LogP contribution in [-0.4, -0.2) is 95.3 Å². The summed E-state index contributed by atoms with van der Waals surface area (Å²) in [5, 5.41) is 6.95. The predicted octanol–water partition coefficient (Wildman–Crippen LogP) is 6.26. The number of rotatable bonds is 13. The normalized spacial score (nSPS) is 16.5. The van der Waals surface area contributed by atoms with Gasteiger partial charge in [-0.05, 0) is 72.4 Å². The highest BCUT2D eigenvalue weighted by Gasteiger charge is 2.40. The number of fused-ring (bicyclic) bond motifs is 1. The number of aromatic nitrogens is 1. The van der Waals surface area contributed by atoms with E-state index in [9.17, 15) is 19.2 Å². The van der Waals surface area contributed by atoms with Crippen LogP contribution in [0.15, 0.2) is 109 Å². The fourth-order valence-corrected chi connectivity index (χ4v) is 7.58. The summed E-state index contributed by atoms with van der Waals surface area (Å²) in [6.45, 7) is 5.49. The van der Waals surface area contributed by atoms with E-state index in [4.69, 9.17) is 4.74 Å². The second kappa shape index (κ2) is 17.6. The number of ether oxygens (including phenoxy) is 1. The molecule has 2 atom stereocenters. The minimum absolute atomic E-state index is 0.0140. The van der Waals surface area contributed by atoms with E-state index in [1.807, 2.05) is 116 Å². The van der Waals surface area contributed by atoms with Crippen LogP contribution in [0.3, 0.4) is 0 Å². The van der Waals surface area contributed by atoms with Crippen LogP contribution >= 0.6 is 0 Å². The Morgan fingerprint density at radius 1 is 0.836 bits per heavy atom. The lowest BCUT2D eigenvalue weighted by atomic mass is 10.0. The molecule has 0 radical (unpaired) electrons. The number of nitrogens with zero attached hydrogens (tertiary/aromatic N) is 3. The van der Waals surface area contributed by atoms with Gasteiger partial charge in [-0.15, -0.1) is 0 Å². The lowest BCUT2D eigenvalue weighted by molar-refractivity contribution is -0.143. The number of hydrogen-bond donors (Lipinski definition) is 3. The molecule has 0 unspecified atom stereocenters. The Morgan fingerprint density at radius 2 is 1.55 bits per heavy atom. The molecule has 3 heterocycles. The van der Waals surface area contributed by atoms with Crippen LogP contribution in [0.2, 0.25) is 0 Å². The van der Waals surface area contributed by atoms with E-state index in [2.05, 4.69) is 20.5 Å². The highest BCUT2D eigenvalue weighted by Crippen LogP contribution is 2.31. The number of nitrogens with one attached hydrogen (secondary N) is 3. The topological polar surface area (TPSA) is 127 Å². The molecule has 2 aliphatic rings. The Bertz CT molecular complexity index is 2100. The van der Waals surface area contributed by atoms with Crippen LogP contribution < -0.4 is 10.6 Å². The number of carbonyl (C=O) groups is 4. The van der Waals surface area contributed by atoms with Crippen LogP contribution in [0.5, 0.6) is 0 Å². The third-order valence-corrected chi connectivity index (χ3v) is 10.3. The van der Waals surface area contributed by atoms with Gasteiger partial charge in [-0.25, -0.2) is 0 Å². The maximum atomic E-state index is 14.2. The van der Waals surface area contributed by atoms with E-state index in [0.717, 1.165) is 46.1 Å². The molecular formula is C44H48N6O5. The molecule has 0 bridgehead atoms. The molecule has 0 spiro atoms. The number of aromatic amines is 1. The number of carbonyl (C=O) groups excluding carboxylic acids is 4. The standard InChI is InChI=1S/C44H48N6O5/c1-2-21-49(41(52)27-31-10-5-3-6-11-31)30-40(51)45-35-17-15-32(16-18-35)38-29-34-28-36(19-20-37(34)47-38)46-43(53)39-14-9-22-50(39)44(54)42(33-12-7-4-8-13-33)48-23-25-55-26-24-48/h3-8,10-13,15-20,28-29,39,42,47H,2,9,14,21-27,30H2,1H3,(H,45,51)(H,46,53)/t39-,42+/m0/s1. The zero-order valence-corrected chi connectivity index (χ0v) is 31.2. The molecule has 5 aromatic rings. The van der Waals surface area contributed by atoms with E-state index >= 15 is 0 Å². The van der Waals surface area contributed by atoms with Gasteiger partial charge in [0.2, 0.25) is 23.6 Å². The Labute approximate surface area is 321 Å². The van der Waals surface area contributed by atoms with E-state index in [0.29, 0.717) is 57.2 Å². The molecule has 1 aromatic heterocycles. The summed E-state index contributed by atoms with van der Waals surface area (Å²) in [7, 11) is 0. The zero-order chi connectivity index (χ0) is 38.1. The van der Waals surface area contributed by atoms with Crippen LogP contribution in [0.25, 0.3) is 22.2 Å². The van der Waals surface area contributed by atoms with E-state index < -0.39 is 12.1 Å².